The minimum absolute atomic E-state index is 0.0181. The Labute approximate surface area is 113 Å². The van der Waals surface area contributed by atoms with Crippen LogP contribution >= 0.6 is 0 Å². The predicted octanol–water partition coefficient (Wildman–Crippen LogP) is 2.86. The molecule has 1 saturated carbocycles. The molecule has 0 aliphatic heterocycles. The van der Waals surface area contributed by atoms with E-state index < -0.39 is 0 Å². The summed E-state index contributed by atoms with van der Waals surface area (Å²) in [5, 5.41) is 9.57. The molecule has 1 aromatic heterocycles. The molecule has 102 valence electrons. The van der Waals surface area contributed by atoms with Crippen molar-refractivity contribution in [3.05, 3.63) is 24.0 Å². The lowest BCUT2D eigenvalue weighted by atomic mass is 10.1. The van der Waals surface area contributed by atoms with E-state index in [0.29, 0.717) is 6.04 Å². The first-order chi connectivity index (χ1) is 9.22. The minimum Gasteiger partial charge on any atom is -0.399 e. The second-order valence-electron chi connectivity index (χ2n) is 5.55. The fourth-order valence-corrected chi connectivity index (χ4v) is 2.88. The molecule has 3 rings (SSSR count). The Morgan fingerprint density at radius 3 is 2.89 bits per heavy atom. The molecule has 1 aliphatic carbocycles. The van der Waals surface area contributed by atoms with Gasteiger partial charge in [-0.2, -0.15) is 0 Å². The van der Waals surface area contributed by atoms with Gasteiger partial charge in [0.2, 0.25) is 0 Å². The fraction of sp³-hybridized carbons (Fsp3) is 0.533. The number of nitrogens with zero attached hydrogens (tertiary/aromatic N) is 2. The number of hydrogen-bond donors (Lipinski definition) is 2. The van der Waals surface area contributed by atoms with E-state index in [2.05, 4.69) is 16.5 Å². The van der Waals surface area contributed by atoms with Gasteiger partial charge in [-0.05, 0) is 37.0 Å². The minimum atomic E-state index is -0.0181. The molecule has 1 fully saturated rings. The van der Waals surface area contributed by atoms with Crippen molar-refractivity contribution in [3.63, 3.8) is 0 Å². The van der Waals surface area contributed by atoms with E-state index in [0.717, 1.165) is 34.9 Å². The molecule has 3 N–H and O–H groups in total. The maximum Gasteiger partial charge on any atom is 0.135 e. The third-order valence-corrected chi connectivity index (χ3v) is 4.07. The van der Waals surface area contributed by atoms with Gasteiger partial charge in [0.25, 0.3) is 0 Å². The van der Waals surface area contributed by atoms with Crippen LogP contribution in [0.1, 0.15) is 44.5 Å². The molecule has 0 saturated heterocycles. The standard InChI is InChI=1S/C15H21N3O/c1-2-12(7-10-3-4-10)18-14-6-5-11(16)8-13(14)17-15(18)9-19/h5-6,8,10,12,19H,2-4,7,9,16H2,1H3. The first-order valence-electron chi connectivity index (χ1n) is 7.10. The van der Waals surface area contributed by atoms with Gasteiger partial charge in [0.1, 0.15) is 12.4 Å². The zero-order valence-electron chi connectivity index (χ0n) is 11.3. The fourth-order valence-electron chi connectivity index (χ4n) is 2.88. The molecular weight excluding hydrogens is 238 g/mol. The topological polar surface area (TPSA) is 64.1 Å². The van der Waals surface area contributed by atoms with E-state index in [1.807, 2.05) is 18.2 Å². The van der Waals surface area contributed by atoms with Crippen LogP contribution in [0.4, 0.5) is 5.69 Å². The zero-order valence-corrected chi connectivity index (χ0v) is 11.3. The average molecular weight is 259 g/mol. The van der Waals surface area contributed by atoms with Gasteiger partial charge in [0.05, 0.1) is 11.0 Å². The van der Waals surface area contributed by atoms with Crippen molar-refractivity contribution < 1.29 is 5.11 Å². The van der Waals surface area contributed by atoms with E-state index in [4.69, 9.17) is 5.73 Å². The van der Waals surface area contributed by atoms with Crippen molar-refractivity contribution >= 4 is 16.7 Å². The van der Waals surface area contributed by atoms with Crippen LogP contribution in [0.3, 0.4) is 0 Å². The van der Waals surface area contributed by atoms with Crippen molar-refractivity contribution in [2.75, 3.05) is 5.73 Å². The molecule has 1 aliphatic rings. The lowest BCUT2D eigenvalue weighted by molar-refractivity contribution is 0.258. The van der Waals surface area contributed by atoms with Gasteiger partial charge in [-0.25, -0.2) is 4.98 Å². The molecule has 2 aromatic rings. The molecular formula is C15H21N3O. The zero-order chi connectivity index (χ0) is 13.4. The number of imidazole rings is 1. The number of anilines is 1. The molecule has 0 radical (unpaired) electrons. The van der Waals surface area contributed by atoms with Crippen LogP contribution in [0.2, 0.25) is 0 Å². The van der Waals surface area contributed by atoms with Gasteiger partial charge in [-0.15, -0.1) is 0 Å². The molecule has 1 atom stereocenters. The Morgan fingerprint density at radius 2 is 2.26 bits per heavy atom. The summed E-state index contributed by atoms with van der Waals surface area (Å²) < 4.78 is 2.22. The highest BCUT2D eigenvalue weighted by molar-refractivity contribution is 5.79. The third kappa shape index (κ3) is 2.32. The van der Waals surface area contributed by atoms with Crippen molar-refractivity contribution in [1.29, 1.82) is 0 Å². The molecule has 0 amide bonds. The molecule has 0 bridgehead atoms. The third-order valence-electron chi connectivity index (χ3n) is 4.07. The highest BCUT2D eigenvalue weighted by Gasteiger charge is 2.27. The SMILES string of the molecule is CCC(CC1CC1)n1c(CO)nc2cc(N)ccc21. The van der Waals surface area contributed by atoms with E-state index in [9.17, 15) is 5.11 Å². The van der Waals surface area contributed by atoms with Gasteiger partial charge < -0.3 is 15.4 Å². The Bertz CT molecular complexity index is 586. The van der Waals surface area contributed by atoms with Crippen LogP contribution in [-0.4, -0.2) is 14.7 Å². The second-order valence-corrected chi connectivity index (χ2v) is 5.55. The van der Waals surface area contributed by atoms with Gasteiger partial charge in [-0.1, -0.05) is 19.8 Å². The molecule has 4 nitrogen and oxygen atoms in total. The maximum absolute atomic E-state index is 9.57. The number of aliphatic hydroxyl groups excluding tert-OH is 1. The first-order valence-corrected chi connectivity index (χ1v) is 7.10. The predicted molar refractivity (Wildman–Crippen MR) is 76.7 cm³/mol. The number of aliphatic hydroxyl groups is 1. The lowest BCUT2D eigenvalue weighted by Gasteiger charge is -2.20. The van der Waals surface area contributed by atoms with Crippen LogP contribution < -0.4 is 5.73 Å². The van der Waals surface area contributed by atoms with Crippen LogP contribution in [0.25, 0.3) is 11.0 Å². The van der Waals surface area contributed by atoms with Crippen LogP contribution in [0.5, 0.6) is 0 Å². The average Bonchev–Trinajstić information content (AvgIpc) is 3.15. The summed E-state index contributed by atoms with van der Waals surface area (Å²) in [7, 11) is 0. The Hall–Kier alpha value is -1.55. The van der Waals surface area contributed by atoms with Gasteiger partial charge in [0, 0.05) is 11.7 Å². The summed E-state index contributed by atoms with van der Waals surface area (Å²) in [6.07, 6.45) is 4.97. The van der Waals surface area contributed by atoms with E-state index in [-0.39, 0.29) is 6.61 Å². The van der Waals surface area contributed by atoms with Crippen molar-refractivity contribution in [2.45, 2.75) is 45.3 Å². The molecule has 1 heterocycles. The first kappa shape index (κ1) is 12.5. The summed E-state index contributed by atoms with van der Waals surface area (Å²) in [6, 6.07) is 6.25. The van der Waals surface area contributed by atoms with Gasteiger partial charge in [-0.3, -0.25) is 0 Å². The number of aromatic nitrogens is 2. The van der Waals surface area contributed by atoms with Gasteiger partial charge in [0.15, 0.2) is 0 Å². The normalized spacial score (nSPS) is 16.9. The van der Waals surface area contributed by atoms with Crippen LogP contribution in [0, 0.1) is 5.92 Å². The van der Waals surface area contributed by atoms with E-state index in [1.165, 1.54) is 19.3 Å². The molecule has 1 unspecified atom stereocenters. The molecule has 19 heavy (non-hydrogen) atoms. The Kier molecular flexibility index (Phi) is 3.19. The number of hydrogen-bond acceptors (Lipinski definition) is 3. The largest absolute Gasteiger partial charge is 0.399 e. The van der Waals surface area contributed by atoms with Gasteiger partial charge >= 0.3 is 0 Å². The Balaban J connectivity index is 2.07. The number of rotatable bonds is 5. The maximum atomic E-state index is 9.57. The monoisotopic (exact) mass is 259 g/mol. The number of benzene rings is 1. The van der Waals surface area contributed by atoms with Crippen molar-refractivity contribution in [3.8, 4) is 0 Å². The summed E-state index contributed by atoms with van der Waals surface area (Å²) in [4.78, 5) is 4.52. The molecule has 4 heteroatoms. The highest BCUT2D eigenvalue weighted by atomic mass is 16.3. The van der Waals surface area contributed by atoms with Crippen LogP contribution in [0.15, 0.2) is 18.2 Å². The number of nitrogen functional groups attached to an aromatic ring is 1. The Morgan fingerprint density at radius 1 is 1.47 bits per heavy atom. The van der Waals surface area contributed by atoms with Crippen LogP contribution in [-0.2, 0) is 6.61 Å². The van der Waals surface area contributed by atoms with E-state index in [1.54, 1.807) is 0 Å². The van der Waals surface area contributed by atoms with Crippen molar-refractivity contribution in [1.82, 2.24) is 9.55 Å². The lowest BCUT2D eigenvalue weighted by Crippen LogP contribution is -2.12. The van der Waals surface area contributed by atoms with Crippen molar-refractivity contribution in [2.24, 2.45) is 5.92 Å². The molecule has 0 spiro atoms. The second kappa shape index (κ2) is 4.85. The highest BCUT2D eigenvalue weighted by Crippen LogP contribution is 2.39. The number of nitrogens with two attached hydrogens (primary N) is 1. The smallest absolute Gasteiger partial charge is 0.135 e. The summed E-state index contributed by atoms with van der Waals surface area (Å²) in [5.41, 5.74) is 8.51. The summed E-state index contributed by atoms with van der Waals surface area (Å²) in [5.74, 6) is 1.62. The molecule has 1 aromatic carbocycles. The summed E-state index contributed by atoms with van der Waals surface area (Å²) >= 11 is 0. The van der Waals surface area contributed by atoms with E-state index >= 15 is 0 Å². The number of fused-ring (bicyclic) bond motifs is 1. The quantitative estimate of drug-likeness (QED) is 0.811. The summed E-state index contributed by atoms with van der Waals surface area (Å²) in [6.45, 7) is 2.19.